The summed E-state index contributed by atoms with van der Waals surface area (Å²) in [4.78, 5) is 56.8. The number of carbonyl (C=O) groups excluding carboxylic acids is 4. The van der Waals surface area contributed by atoms with Crippen molar-refractivity contribution in [2.45, 2.75) is 99.9 Å². The molecule has 238 valence electrons. The van der Waals surface area contributed by atoms with Gasteiger partial charge in [0, 0.05) is 23.9 Å². The number of benzene rings is 1. The number of halogens is 1. The van der Waals surface area contributed by atoms with Gasteiger partial charge >= 0.3 is 6.09 Å². The van der Waals surface area contributed by atoms with Gasteiger partial charge in [-0.3, -0.25) is 24.0 Å². The van der Waals surface area contributed by atoms with Crippen molar-refractivity contribution >= 4 is 45.4 Å². The number of nitrogens with one attached hydrogen (secondary N) is 2. The molecule has 1 aromatic carbocycles. The molecule has 0 bridgehead atoms. The largest absolute Gasteiger partial charge is 0.444 e. The Hall–Kier alpha value is -3.16. The molecule has 2 aliphatic carbocycles. The second-order valence-electron chi connectivity index (χ2n) is 12.6. The Morgan fingerprint density at radius 2 is 1.91 bits per heavy atom. The van der Waals surface area contributed by atoms with E-state index >= 15 is 0 Å². The molecule has 12 nitrogen and oxygen atoms in total. The van der Waals surface area contributed by atoms with E-state index in [9.17, 15) is 27.6 Å². The van der Waals surface area contributed by atoms with Gasteiger partial charge in [-0.25, -0.2) is 13.2 Å². The van der Waals surface area contributed by atoms with E-state index in [1.165, 1.54) is 9.80 Å². The van der Waals surface area contributed by atoms with Crippen LogP contribution in [-0.4, -0.2) is 77.6 Å². The van der Waals surface area contributed by atoms with E-state index in [0.717, 1.165) is 36.8 Å². The number of amides is 4. The number of fused-ring (bicyclic) bond motifs is 3. The summed E-state index contributed by atoms with van der Waals surface area (Å²) in [7, 11) is -3.84. The molecule has 4 N–H and O–H groups in total. The number of sulfonamides is 1. The zero-order chi connectivity index (χ0) is 31.2. The number of ether oxygens (including phenoxy) is 1. The highest BCUT2D eigenvalue weighted by Crippen LogP contribution is 2.46. The number of hydrogen-bond donors (Lipinski definition) is 3. The Morgan fingerprint density at radius 3 is 2.66 bits per heavy atom. The maximum absolute atomic E-state index is 13.9. The lowest BCUT2D eigenvalue weighted by Crippen LogP contribution is -2.57. The Balaban J connectivity index is 1.20. The molecule has 2 saturated carbocycles. The van der Waals surface area contributed by atoms with E-state index < -0.39 is 68.7 Å². The number of nitrogens with two attached hydrogens (primary N) is 1. The summed E-state index contributed by atoms with van der Waals surface area (Å²) >= 11 is 6.31. The number of carbonyl (C=O) groups is 4. The Morgan fingerprint density at radius 1 is 1.11 bits per heavy atom. The Labute approximate surface area is 261 Å². The van der Waals surface area contributed by atoms with Crippen molar-refractivity contribution < 1.29 is 32.3 Å². The summed E-state index contributed by atoms with van der Waals surface area (Å²) in [5.74, 6) is -2.22. The van der Waals surface area contributed by atoms with Crippen LogP contribution in [-0.2, 0) is 42.2 Å². The minimum Gasteiger partial charge on any atom is -0.444 e. The van der Waals surface area contributed by atoms with Crippen LogP contribution in [0, 0.1) is 5.92 Å². The summed E-state index contributed by atoms with van der Waals surface area (Å²) in [5, 5.41) is 2.77. The van der Waals surface area contributed by atoms with Crippen LogP contribution in [0.1, 0.15) is 68.9 Å². The van der Waals surface area contributed by atoms with Crippen LogP contribution >= 0.6 is 11.6 Å². The molecule has 6 rings (SSSR count). The van der Waals surface area contributed by atoms with Crippen molar-refractivity contribution in [1.29, 1.82) is 0 Å². The predicted octanol–water partition coefficient (Wildman–Crippen LogP) is 2.09. The van der Waals surface area contributed by atoms with Gasteiger partial charge < -0.3 is 20.7 Å². The highest BCUT2D eigenvalue weighted by molar-refractivity contribution is 7.91. The fraction of sp³-hybridized carbons (Fsp3) is 0.600. The van der Waals surface area contributed by atoms with Crippen molar-refractivity contribution in [2.75, 3.05) is 6.54 Å². The van der Waals surface area contributed by atoms with Gasteiger partial charge in [0.15, 0.2) is 0 Å². The van der Waals surface area contributed by atoms with Crippen molar-refractivity contribution in [3.05, 3.63) is 46.5 Å². The van der Waals surface area contributed by atoms with Crippen molar-refractivity contribution in [2.24, 2.45) is 11.7 Å². The fourth-order valence-corrected chi connectivity index (χ4v) is 8.09. The summed E-state index contributed by atoms with van der Waals surface area (Å²) in [5.41, 5.74) is 6.61. The van der Waals surface area contributed by atoms with Crippen molar-refractivity contribution in [3.8, 4) is 0 Å². The van der Waals surface area contributed by atoms with Crippen LogP contribution in [0.15, 0.2) is 30.4 Å². The lowest BCUT2D eigenvalue weighted by atomic mass is 10.1. The number of allylic oxidation sites excluding steroid dienone is 1. The van der Waals surface area contributed by atoms with Gasteiger partial charge in [0.25, 0.3) is 5.91 Å². The molecule has 44 heavy (non-hydrogen) atoms. The van der Waals surface area contributed by atoms with Gasteiger partial charge in [0.2, 0.25) is 21.8 Å². The molecule has 3 aliphatic heterocycles. The van der Waals surface area contributed by atoms with E-state index in [0.29, 0.717) is 30.8 Å². The van der Waals surface area contributed by atoms with Gasteiger partial charge in [-0.15, -0.1) is 0 Å². The molecule has 5 atom stereocenters. The number of hydrogen-bond acceptors (Lipinski definition) is 8. The van der Waals surface area contributed by atoms with Gasteiger partial charge in [0.1, 0.15) is 17.7 Å². The lowest BCUT2D eigenvalue weighted by Gasteiger charge is -2.28. The molecule has 1 saturated heterocycles. The molecule has 4 amide bonds. The quantitative estimate of drug-likeness (QED) is 0.418. The first kappa shape index (κ1) is 30.8. The highest BCUT2D eigenvalue weighted by Gasteiger charge is 2.62. The first-order chi connectivity index (χ1) is 21.0. The van der Waals surface area contributed by atoms with Gasteiger partial charge in [0.05, 0.1) is 24.4 Å². The molecule has 0 radical (unpaired) electrons. The normalized spacial score (nSPS) is 30.8. The number of nitrogens with zero attached hydrogens (tertiary/aromatic N) is 2. The zero-order valence-corrected chi connectivity index (χ0v) is 25.9. The maximum Gasteiger partial charge on any atom is 0.410 e. The average molecular weight is 648 g/mol. The third-order valence-electron chi connectivity index (χ3n) is 9.34. The summed E-state index contributed by atoms with van der Waals surface area (Å²) in [6.07, 6.45) is 7.29. The molecular formula is C30H38ClN5O7S. The molecule has 0 aromatic heterocycles. The smallest absolute Gasteiger partial charge is 0.410 e. The van der Waals surface area contributed by atoms with E-state index in [4.69, 9.17) is 22.1 Å². The minimum absolute atomic E-state index is 0.0101. The first-order valence-electron chi connectivity index (χ1n) is 15.3. The molecule has 0 unspecified atom stereocenters. The van der Waals surface area contributed by atoms with Gasteiger partial charge in [-0.05, 0) is 55.7 Å². The van der Waals surface area contributed by atoms with Gasteiger partial charge in [-0.1, -0.05) is 48.7 Å². The van der Waals surface area contributed by atoms with E-state index in [1.807, 2.05) is 24.3 Å². The first-order valence-corrected chi connectivity index (χ1v) is 17.2. The molecule has 14 heteroatoms. The topological polar surface area (TPSA) is 168 Å². The molecular weight excluding hydrogens is 610 g/mol. The Kier molecular flexibility index (Phi) is 8.40. The predicted molar refractivity (Wildman–Crippen MR) is 160 cm³/mol. The van der Waals surface area contributed by atoms with Crippen LogP contribution in [0.3, 0.4) is 0 Å². The molecule has 3 fully saturated rings. The highest BCUT2D eigenvalue weighted by atomic mass is 35.5. The SMILES string of the molecule is N[C@@H]1CCCCCC=C[C@@H]2C[C@@]2(C(=O)NS(=O)(=O)C2CC2)NC(=O)[C@@H]2C[C@@H](OC(=O)N3Cc4cccc(Cl)c4C3)CN2C1=O. The van der Waals surface area contributed by atoms with Crippen LogP contribution in [0.25, 0.3) is 0 Å². The fourth-order valence-electron chi connectivity index (χ4n) is 6.47. The standard InChI is InChI=1S/C30H38ClN5O7S/c31-23-9-6-7-18-15-35(17-22(18)23)29(40)43-20-13-25-26(37)33-30(28(39)34-44(41,42)21-11-12-21)14-19(30)8-4-2-1-3-5-10-24(32)27(38)36(25)16-20/h4,6-9,19-21,24-25H,1-3,5,10-17,32H2,(H,33,37)(H,34,39)/t19-,20-,24-,25+,30-/m1/s1. The minimum atomic E-state index is -3.84. The molecule has 5 aliphatic rings. The second kappa shape index (κ2) is 12.0. The average Bonchev–Trinajstić information content (AvgIpc) is 3.86. The third-order valence-corrected chi connectivity index (χ3v) is 11.5. The van der Waals surface area contributed by atoms with E-state index in [2.05, 4.69) is 10.0 Å². The third kappa shape index (κ3) is 6.18. The zero-order valence-electron chi connectivity index (χ0n) is 24.4. The maximum atomic E-state index is 13.9. The molecule has 1 aromatic rings. The monoisotopic (exact) mass is 647 g/mol. The van der Waals surface area contributed by atoms with Crippen molar-refractivity contribution in [1.82, 2.24) is 19.8 Å². The summed E-state index contributed by atoms with van der Waals surface area (Å²) < 4.78 is 33.2. The van der Waals surface area contributed by atoms with E-state index in [1.54, 1.807) is 6.07 Å². The van der Waals surface area contributed by atoms with Gasteiger partial charge in [-0.2, -0.15) is 0 Å². The van der Waals surface area contributed by atoms with Crippen molar-refractivity contribution in [3.63, 3.8) is 0 Å². The lowest BCUT2D eigenvalue weighted by molar-refractivity contribution is -0.140. The summed E-state index contributed by atoms with van der Waals surface area (Å²) in [6, 6.07) is 3.58. The van der Waals surface area contributed by atoms with Crippen LogP contribution in [0.5, 0.6) is 0 Å². The van der Waals surface area contributed by atoms with Crippen LogP contribution in [0.4, 0.5) is 4.79 Å². The van der Waals surface area contributed by atoms with E-state index in [-0.39, 0.29) is 25.9 Å². The number of rotatable bonds is 4. The second-order valence-corrected chi connectivity index (χ2v) is 15.0. The molecule has 0 spiro atoms. The van der Waals surface area contributed by atoms with Crippen LogP contribution < -0.4 is 15.8 Å². The summed E-state index contributed by atoms with van der Waals surface area (Å²) in [6.45, 7) is 0.583. The Bertz CT molecular complexity index is 1500. The van der Waals surface area contributed by atoms with Crippen LogP contribution in [0.2, 0.25) is 5.02 Å². The molecule has 3 heterocycles.